The van der Waals surface area contributed by atoms with Crippen molar-refractivity contribution >= 4 is 23.8 Å². The summed E-state index contributed by atoms with van der Waals surface area (Å²) < 4.78 is 7.63. The standard InChI is InChI=1S/C30H35N7O5/c1-29(2,3)25-22(17-37(34-25)28(40)41)19-12-14-21(15-13-19)32-26(38)24(16-31-27(39)42-30(4,5)6)36-18-23(33-35-36)20-10-8-7-9-11-20/h7-15,17-18,24H,16H2,1-6H3,(H,31,39)(H,32,38)(H,40,41). The lowest BCUT2D eigenvalue weighted by Crippen LogP contribution is -2.40. The fourth-order valence-corrected chi connectivity index (χ4v) is 4.17. The van der Waals surface area contributed by atoms with Gasteiger partial charge in [0.2, 0.25) is 0 Å². The Morgan fingerprint density at radius 3 is 2.19 bits per heavy atom. The molecule has 12 heteroatoms. The van der Waals surface area contributed by atoms with Crippen LogP contribution in [0.2, 0.25) is 0 Å². The van der Waals surface area contributed by atoms with Crippen LogP contribution in [0.15, 0.2) is 67.0 Å². The second-order valence-electron chi connectivity index (χ2n) is 11.8. The van der Waals surface area contributed by atoms with Crippen molar-refractivity contribution < 1.29 is 24.2 Å². The lowest BCUT2D eigenvalue weighted by molar-refractivity contribution is -0.119. The van der Waals surface area contributed by atoms with Crippen LogP contribution in [0.5, 0.6) is 0 Å². The van der Waals surface area contributed by atoms with Crippen molar-refractivity contribution in [3.8, 4) is 22.4 Å². The Labute approximate surface area is 243 Å². The van der Waals surface area contributed by atoms with Gasteiger partial charge in [0.1, 0.15) is 17.3 Å². The number of alkyl carbamates (subject to hydrolysis) is 1. The van der Waals surface area contributed by atoms with Crippen LogP contribution in [0.25, 0.3) is 22.4 Å². The van der Waals surface area contributed by atoms with E-state index < -0.39 is 35.2 Å². The highest BCUT2D eigenvalue weighted by Crippen LogP contribution is 2.32. The molecule has 2 amide bonds. The van der Waals surface area contributed by atoms with E-state index in [1.165, 1.54) is 10.9 Å². The molecule has 12 nitrogen and oxygen atoms in total. The minimum absolute atomic E-state index is 0.0975. The van der Waals surface area contributed by atoms with Crippen LogP contribution in [0.1, 0.15) is 53.3 Å². The quantitative estimate of drug-likeness (QED) is 0.268. The second-order valence-corrected chi connectivity index (χ2v) is 11.8. The number of benzene rings is 2. The van der Waals surface area contributed by atoms with Gasteiger partial charge in [-0.25, -0.2) is 14.3 Å². The van der Waals surface area contributed by atoms with E-state index in [9.17, 15) is 19.5 Å². The fraction of sp³-hybridized carbons (Fsp3) is 0.333. The predicted octanol–water partition coefficient (Wildman–Crippen LogP) is 5.34. The first-order valence-corrected chi connectivity index (χ1v) is 13.4. The first-order valence-electron chi connectivity index (χ1n) is 13.4. The van der Waals surface area contributed by atoms with E-state index in [-0.39, 0.29) is 6.54 Å². The van der Waals surface area contributed by atoms with Crippen molar-refractivity contribution in [1.82, 2.24) is 30.1 Å². The maximum Gasteiger partial charge on any atom is 0.432 e. The average molecular weight is 574 g/mol. The van der Waals surface area contributed by atoms with Gasteiger partial charge in [-0.1, -0.05) is 68.4 Å². The highest BCUT2D eigenvalue weighted by atomic mass is 16.6. The summed E-state index contributed by atoms with van der Waals surface area (Å²) in [6, 6.07) is 15.5. The molecule has 0 spiro atoms. The Morgan fingerprint density at radius 1 is 0.929 bits per heavy atom. The molecule has 0 fully saturated rings. The minimum Gasteiger partial charge on any atom is -0.463 e. The Bertz CT molecular complexity index is 1560. The number of ether oxygens (including phenoxy) is 1. The van der Waals surface area contributed by atoms with Crippen molar-refractivity contribution in [3.63, 3.8) is 0 Å². The van der Waals surface area contributed by atoms with Gasteiger partial charge in [-0.3, -0.25) is 4.79 Å². The topological polar surface area (TPSA) is 153 Å². The average Bonchev–Trinajstić information content (AvgIpc) is 3.57. The van der Waals surface area contributed by atoms with E-state index >= 15 is 0 Å². The van der Waals surface area contributed by atoms with E-state index in [4.69, 9.17) is 4.74 Å². The summed E-state index contributed by atoms with van der Waals surface area (Å²) in [5.74, 6) is -0.433. The summed E-state index contributed by atoms with van der Waals surface area (Å²) >= 11 is 0. The van der Waals surface area contributed by atoms with E-state index in [1.807, 2.05) is 51.1 Å². The first kappa shape index (κ1) is 30.0. The van der Waals surface area contributed by atoms with Crippen molar-refractivity contribution in [1.29, 1.82) is 0 Å². The molecule has 4 aromatic rings. The number of anilines is 1. The third-order valence-corrected chi connectivity index (χ3v) is 6.12. The number of carbonyl (C=O) groups excluding carboxylic acids is 2. The fourth-order valence-electron chi connectivity index (χ4n) is 4.17. The molecular formula is C30H35N7O5. The van der Waals surface area contributed by atoms with Gasteiger partial charge < -0.3 is 20.5 Å². The van der Waals surface area contributed by atoms with Crippen LogP contribution in [0.4, 0.5) is 15.3 Å². The van der Waals surface area contributed by atoms with Gasteiger partial charge in [0.15, 0.2) is 0 Å². The van der Waals surface area contributed by atoms with Crippen molar-refractivity contribution in [2.45, 2.75) is 58.6 Å². The number of carboxylic acid groups (broad SMARTS) is 1. The monoisotopic (exact) mass is 573 g/mol. The van der Waals surface area contributed by atoms with Crippen LogP contribution in [-0.2, 0) is 14.9 Å². The lowest BCUT2D eigenvalue weighted by Gasteiger charge is -2.22. The number of aromatic nitrogens is 5. The summed E-state index contributed by atoms with van der Waals surface area (Å²) in [7, 11) is 0. The van der Waals surface area contributed by atoms with Gasteiger partial charge in [0.05, 0.1) is 18.4 Å². The molecule has 4 rings (SSSR count). The molecule has 2 aromatic carbocycles. The normalized spacial score (nSPS) is 12.4. The molecule has 0 radical (unpaired) electrons. The zero-order valence-electron chi connectivity index (χ0n) is 24.5. The smallest absolute Gasteiger partial charge is 0.432 e. The molecular weight excluding hydrogens is 538 g/mol. The molecule has 2 heterocycles. The molecule has 0 bridgehead atoms. The summed E-state index contributed by atoms with van der Waals surface area (Å²) in [4.78, 5) is 37.4. The number of amides is 2. The maximum atomic E-state index is 13.5. The van der Waals surface area contributed by atoms with Gasteiger partial charge in [-0.2, -0.15) is 9.78 Å². The maximum absolute atomic E-state index is 13.5. The number of nitrogens with one attached hydrogen (secondary N) is 2. The SMILES string of the molecule is CC(C)(C)OC(=O)NCC(C(=O)Nc1ccc(-c2cn(C(=O)O)nc2C(C)(C)C)cc1)n1cc(-c2ccccc2)nn1. The van der Waals surface area contributed by atoms with Crippen LogP contribution in [0, 0.1) is 0 Å². The molecule has 0 saturated carbocycles. The Hall–Kier alpha value is -5.00. The summed E-state index contributed by atoms with van der Waals surface area (Å²) in [6.45, 7) is 11.0. The number of hydrogen-bond donors (Lipinski definition) is 3. The molecule has 1 unspecified atom stereocenters. The number of rotatable bonds is 7. The van der Waals surface area contributed by atoms with Gasteiger partial charge >= 0.3 is 12.2 Å². The van der Waals surface area contributed by atoms with Crippen molar-refractivity contribution in [2.24, 2.45) is 0 Å². The minimum atomic E-state index is -1.18. The molecule has 0 aliphatic rings. The summed E-state index contributed by atoms with van der Waals surface area (Å²) in [5, 5.41) is 27.6. The zero-order valence-corrected chi connectivity index (χ0v) is 24.5. The van der Waals surface area contributed by atoms with E-state index in [1.54, 1.807) is 51.2 Å². The Balaban J connectivity index is 1.56. The molecule has 220 valence electrons. The molecule has 0 saturated heterocycles. The third kappa shape index (κ3) is 7.39. The number of hydrogen-bond acceptors (Lipinski definition) is 7. The molecule has 3 N–H and O–H groups in total. The van der Waals surface area contributed by atoms with Crippen molar-refractivity contribution in [3.05, 3.63) is 72.7 Å². The first-order chi connectivity index (χ1) is 19.7. The van der Waals surface area contributed by atoms with Gasteiger partial charge in [0, 0.05) is 28.4 Å². The molecule has 1 atom stereocenters. The van der Waals surface area contributed by atoms with Gasteiger partial charge in [0.25, 0.3) is 5.91 Å². The zero-order chi connectivity index (χ0) is 30.7. The van der Waals surface area contributed by atoms with Crippen LogP contribution < -0.4 is 10.6 Å². The molecule has 42 heavy (non-hydrogen) atoms. The lowest BCUT2D eigenvalue weighted by atomic mass is 9.87. The number of carbonyl (C=O) groups is 3. The highest BCUT2D eigenvalue weighted by Gasteiger charge is 2.27. The van der Waals surface area contributed by atoms with Gasteiger partial charge in [-0.15, -0.1) is 5.10 Å². The second kappa shape index (κ2) is 11.9. The highest BCUT2D eigenvalue weighted by molar-refractivity contribution is 5.94. The Morgan fingerprint density at radius 2 is 1.60 bits per heavy atom. The molecule has 0 aliphatic heterocycles. The van der Waals surface area contributed by atoms with Crippen molar-refractivity contribution in [2.75, 3.05) is 11.9 Å². The summed E-state index contributed by atoms with van der Waals surface area (Å²) in [5.41, 5.74) is 2.87. The van der Waals surface area contributed by atoms with Gasteiger partial charge in [-0.05, 0) is 38.5 Å². The van der Waals surface area contributed by atoms with Crippen LogP contribution in [-0.4, -0.2) is 60.1 Å². The van der Waals surface area contributed by atoms with E-state index in [2.05, 4.69) is 26.0 Å². The molecule has 2 aromatic heterocycles. The number of nitrogens with zero attached hydrogens (tertiary/aromatic N) is 5. The van der Waals surface area contributed by atoms with E-state index in [0.717, 1.165) is 15.8 Å². The largest absolute Gasteiger partial charge is 0.463 e. The predicted molar refractivity (Wildman–Crippen MR) is 157 cm³/mol. The van der Waals surface area contributed by atoms with Crippen LogP contribution in [0.3, 0.4) is 0 Å². The molecule has 0 aliphatic carbocycles. The summed E-state index contributed by atoms with van der Waals surface area (Å²) in [6.07, 6.45) is 1.28. The third-order valence-electron chi connectivity index (χ3n) is 6.12. The van der Waals surface area contributed by atoms with E-state index in [0.29, 0.717) is 22.6 Å². The van der Waals surface area contributed by atoms with Crippen LogP contribution >= 0.6 is 0 Å². The Kier molecular flexibility index (Phi) is 8.46.